The normalized spacial score (nSPS) is 14.7. The van der Waals surface area contributed by atoms with Crippen molar-refractivity contribution in [2.24, 2.45) is 5.10 Å². The van der Waals surface area contributed by atoms with Crippen molar-refractivity contribution in [2.75, 3.05) is 24.6 Å². The van der Waals surface area contributed by atoms with E-state index in [0.29, 0.717) is 23.6 Å². The highest BCUT2D eigenvalue weighted by Gasteiger charge is 2.26. The third-order valence-electron chi connectivity index (χ3n) is 5.15. The number of nitrogens with two attached hydrogens (primary N) is 2. The second-order valence-electron chi connectivity index (χ2n) is 7.37. The number of anilines is 2. The van der Waals surface area contributed by atoms with Crippen molar-refractivity contribution in [3.05, 3.63) is 41.2 Å². The fraction of sp³-hybridized carbons (Fsp3) is 0.368. The number of hydrogen-bond acceptors (Lipinski definition) is 10. The molecule has 5 N–H and O–H groups in total. The molecular formula is C19H25ClN10O2. The van der Waals surface area contributed by atoms with Gasteiger partial charge >= 0.3 is 0 Å². The van der Waals surface area contributed by atoms with Gasteiger partial charge in [0.25, 0.3) is 5.91 Å². The molecule has 2 aromatic heterocycles. The molecule has 1 aliphatic rings. The summed E-state index contributed by atoms with van der Waals surface area (Å²) in [5.41, 5.74) is 16.9. The van der Waals surface area contributed by atoms with E-state index in [1.54, 1.807) is 19.1 Å². The van der Waals surface area contributed by atoms with Gasteiger partial charge in [-0.05, 0) is 60.9 Å². The number of benzene rings is 1. The van der Waals surface area contributed by atoms with Crippen LogP contribution in [0.4, 0.5) is 11.5 Å². The van der Waals surface area contributed by atoms with Gasteiger partial charge in [-0.25, -0.2) is 10.1 Å². The molecule has 13 heteroatoms. The predicted octanol–water partition coefficient (Wildman–Crippen LogP) is 1.38. The number of piperidine rings is 1. The quantitative estimate of drug-likeness (QED) is 0.279. The number of likely N-dealkylation sites (tertiary alicyclic amines) is 1. The van der Waals surface area contributed by atoms with E-state index in [4.69, 9.17) is 16.1 Å². The zero-order valence-electron chi connectivity index (χ0n) is 17.6. The molecule has 170 valence electrons. The molecule has 0 spiro atoms. The summed E-state index contributed by atoms with van der Waals surface area (Å²) in [6.07, 6.45) is 3.39. The van der Waals surface area contributed by atoms with Crippen LogP contribution in [0.1, 0.15) is 47.9 Å². The zero-order valence-corrected chi connectivity index (χ0v) is 18.4. The smallest absolute Gasteiger partial charge is 0.293 e. The van der Waals surface area contributed by atoms with Crippen LogP contribution in [0, 0.1) is 0 Å². The van der Waals surface area contributed by atoms with E-state index in [1.165, 1.54) is 11.1 Å². The van der Waals surface area contributed by atoms with Crippen LogP contribution in [0.5, 0.6) is 0 Å². The summed E-state index contributed by atoms with van der Waals surface area (Å²) >= 11 is 0. The van der Waals surface area contributed by atoms with E-state index in [1.807, 2.05) is 12.1 Å². The summed E-state index contributed by atoms with van der Waals surface area (Å²) in [4.78, 5) is 15.1. The number of carbonyl (C=O) groups excluding carboxylic acids is 1. The SMILES string of the molecule is C/C(=N\NC(=O)c1nnn(-c2nonc2N)c1CN1CCCCC1)c1ccc(N)cc1.Cl. The molecule has 1 aromatic carbocycles. The largest absolute Gasteiger partial charge is 0.399 e. The van der Waals surface area contributed by atoms with Crippen molar-refractivity contribution in [1.82, 2.24) is 35.6 Å². The average Bonchev–Trinajstić information content (AvgIpc) is 3.38. The van der Waals surface area contributed by atoms with Gasteiger partial charge in [-0.2, -0.15) is 9.78 Å². The Labute approximate surface area is 190 Å². The molecule has 3 aromatic rings. The Bertz CT molecular complexity index is 1090. The molecule has 1 aliphatic heterocycles. The minimum absolute atomic E-state index is 0. The van der Waals surface area contributed by atoms with Crippen LogP contribution in [-0.2, 0) is 6.54 Å². The van der Waals surface area contributed by atoms with Crippen LogP contribution in [0.15, 0.2) is 34.0 Å². The maximum atomic E-state index is 12.9. The number of nitrogens with one attached hydrogen (secondary N) is 1. The highest BCUT2D eigenvalue weighted by atomic mass is 35.5. The van der Waals surface area contributed by atoms with Crippen molar-refractivity contribution in [2.45, 2.75) is 32.7 Å². The van der Waals surface area contributed by atoms with Crippen LogP contribution in [-0.4, -0.2) is 54.9 Å². The summed E-state index contributed by atoms with van der Waals surface area (Å²) < 4.78 is 6.09. The second kappa shape index (κ2) is 10.2. The summed E-state index contributed by atoms with van der Waals surface area (Å²) in [6.45, 7) is 4.10. The van der Waals surface area contributed by atoms with Gasteiger partial charge in [0.05, 0.1) is 11.4 Å². The fourth-order valence-corrected chi connectivity index (χ4v) is 3.43. The van der Waals surface area contributed by atoms with E-state index < -0.39 is 5.91 Å². The summed E-state index contributed by atoms with van der Waals surface area (Å²) in [5.74, 6) is -0.225. The van der Waals surface area contributed by atoms with Crippen LogP contribution in [0.2, 0.25) is 0 Å². The molecule has 0 saturated carbocycles. The lowest BCUT2D eigenvalue weighted by molar-refractivity contribution is 0.0947. The number of nitrogens with zero attached hydrogens (tertiary/aromatic N) is 7. The summed E-state index contributed by atoms with van der Waals surface area (Å²) in [7, 11) is 0. The number of aromatic nitrogens is 5. The van der Waals surface area contributed by atoms with E-state index in [0.717, 1.165) is 31.5 Å². The van der Waals surface area contributed by atoms with Gasteiger partial charge in [0, 0.05) is 12.2 Å². The Morgan fingerprint density at radius 1 is 1.16 bits per heavy atom. The first-order valence-electron chi connectivity index (χ1n) is 9.99. The van der Waals surface area contributed by atoms with Crippen LogP contribution < -0.4 is 16.9 Å². The van der Waals surface area contributed by atoms with Crippen molar-refractivity contribution in [3.63, 3.8) is 0 Å². The number of rotatable bonds is 6. The van der Waals surface area contributed by atoms with E-state index in [-0.39, 0.29) is 29.7 Å². The van der Waals surface area contributed by atoms with Gasteiger partial charge in [0.2, 0.25) is 11.6 Å². The first kappa shape index (κ1) is 23.2. The molecule has 12 nitrogen and oxygen atoms in total. The van der Waals surface area contributed by atoms with Crippen molar-refractivity contribution in [3.8, 4) is 5.82 Å². The minimum atomic E-state index is -0.483. The van der Waals surface area contributed by atoms with Crippen molar-refractivity contribution in [1.29, 1.82) is 0 Å². The first-order chi connectivity index (χ1) is 15.0. The van der Waals surface area contributed by atoms with Crippen LogP contribution in [0.3, 0.4) is 0 Å². The maximum Gasteiger partial charge on any atom is 0.293 e. The number of halogens is 1. The molecule has 0 aliphatic carbocycles. The van der Waals surface area contributed by atoms with Crippen LogP contribution >= 0.6 is 12.4 Å². The average molecular weight is 461 g/mol. The number of hydrogen-bond donors (Lipinski definition) is 3. The molecule has 4 rings (SSSR count). The van der Waals surface area contributed by atoms with E-state index >= 15 is 0 Å². The molecular weight excluding hydrogens is 436 g/mol. The zero-order chi connectivity index (χ0) is 21.8. The summed E-state index contributed by atoms with van der Waals surface area (Å²) in [5, 5.41) is 19.7. The Morgan fingerprint density at radius 2 is 1.88 bits per heavy atom. The number of carbonyl (C=O) groups is 1. The van der Waals surface area contributed by atoms with Gasteiger partial charge in [-0.1, -0.05) is 23.8 Å². The van der Waals surface area contributed by atoms with Gasteiger partial charge in [0.15, 0.2) is 5.69 Å². The lowest BCUT2D eigenvalue weighted by atomic mass is 10.1. The van der Waals surface area contributed by atoms with Gasteiger partial charge in [-0.15, -0.1) is 17.5 Å². The highest BCUT2D eigenvalue weighted by Crippen LogP contribution is 2.19. The van der Waals surface area contributed by atoms with Crippen LogP contribution in [0.25, 0.3) is 5.82 Å². The minimum Gasteiger partial charge on any atom is -0.399 e. The van der Waals surface area contributed by atoms with Gasteiger partial charge in [-0.3, -0.25) is 9.69 Å². The molecule has 1 amide bonds. The molecule has 1 saturated heterocycles. The Kier molecular flexibility index (Phi) is 7.38. The summed E-state index contributed by atoms with van der Waals surface area (Å²) in [6, 6.07) is 7.21. The van der Waals surface area contributed by atoms with Gasteiger partial charge < -0.3 is 11.5 Å². The lowest BCUT2D eigenvalue weighted by Gasteiger charge is -2.26. The fourth-order valence-electron chi connectivity index (χ4n) is 3.43. The highest BCUT2D eigenvalue weighted by molar-refractivity contribution is 6.00. The van der Waals surface area contributed by atoms with Crippen molar-refractivity contribution < 1.29 is 9.42 Å². The Morgan fingerprint density at radius 3 is 2.53 bits per heavy atom. The maximum absolute atomic E-state index is 12.9. The molecule has 0 bridgehead atoms. The third-order valence-corrected chi connectivity index (χ3v) is 5.15. The third kappa shape index (κ3) is 5.03. The number of nitrogen functional groups attached to an aromatic ring is 2. The molecule has 0 unspecified atom stereocenters. The van der Waals surface area contributed by atoms with Gasteiger partial charge in [0.1, 0.15) is 0 Å². The number of amides is 1. The van der Waals surface area contributed by atoms with E-state index in [2.05, 4.69) is 36.1 Å². The standard InChI is InChI=1S/C19H24N10O2.ClH/c1-12(13-5-7-14(20)8-6-13)22-24-19(30)16-15(11-28-9-3-2-4-10-28)29(27-23-16)18-17(21)25-31-26-18;/h5-8H,2-4,9-11,20H2,1H3,(H2,21,25)(H,24,30);1H/b22-12+;. The molecule has 1 fully saturated rings. The topological polar surface area (TPSA) is 166 Å². The predicted molar refractivity (Wildman–Crippen MR) is 121 cm³/mol. The Balaban J connectivity index is 0.00000289. The molecule has 32 heavy (non-hydrogen) atoms. The first-order valence-corrected chi connectivity index (χ1v) is 9.99. The number of hydrazone groups is 1. The molecule has 0 radical (unpaired) electrons. The molecule has 0 atom stereocenters. The van der Waals surface area contributed by atoms with Crippen molar-refractivity contribution >= 4 is 35.5 Å². The second-order valence-corrected chi connectivity index (χ2v) is 7.37. The van der Waals surface area contributed by atoms with E-state index in [9.17, 15) is 4.79 Å². The Hall–Kier alpha value is -3.51. The monoisotopic (exact) mass is 460 g/mol. The lowest BCUT2D eigenvalue weighted by Crippen LogP contribution is -2.31. The molecule has 3 heterocycles.